The summed E-state index contributed by atoms with van der Waals surface area (Å²) in [6, 6.07) is 12.7. The van der Waals surface area contributed by atoms with Crippen LogP contribution in [0.3, 0.4) is 0 Å². The Labute approximate surface area is 167 Å². The summed E-state index contributed by atoms with van der Waals surface area (Å²) >= 11 is 1.28. The van der Waals surface area contributed by atoms with E-state index in [1.54, 1.807) is 17.8 Å². The normalized spacial score (nSPS) is 14.7. The van der Waals surface area contributed by atoms with E-state index in [0.29, 0.717) is 16.7 Å². The number of hydrogen-bond donors (Lipinski definition) is 2. The summed E-state index contributed by atoms with van der Waals surface area (Å²) in [6.07, 6.45) is 3.71. The molecule has 144 valence electrons. The van der Waals surface area contributed by atoms with E-state index in [0.717, 1.165) is 31.7 Å². The first-order valence-corrected chi connectivity index (χ1v) is 10.2. The van der Waals surface area contributed by atoms with Crippen molar-refractivity contribution in [1.29, 1.82) is 0 Å². The molecule has 1 fully saturated rings. The van der Waals surface area contributed by atoms with Crippen LogP contribution in [0.25, 0.3) is 0 Å². The molecular formula is C20H22N6OS. The molecule has 3 aromatic rings. The van der Waals surface area contributed by atoms with Gasteiger partial charge in [-0.2, -0.15) is 0 Å². The van der Waals surface area contributed by atoms with Crippen molar-refractivity contribution in [2.75, 3.05) is 28.6 Å². The first kappa shape index (κ1) is 18.4. The molecule has 0 atom stereocenters. The quantitative estimate of drug-likeness (QED) is 0.688. The summed E-state index contributed by atoms with van der Waals surface area (Å²) < 4.78 is 0. The van der Waals surface area contributed by atoms with Gasteiger partial charge in [0.05, 0.1) is 5.56 Å². The predicted octanol–water partition coefficient (Wildman–Crippen LogP) is 3.57. The standard InChI is InChI=1S/C20H22N6OS/c1-14-3-2-4-17(11-14)23-16-7-9-26(10-8-16)18-6-5-15(12-21-18)19(27)24-20-25-22-13-28-20/h2-6,11-13,16,23H,7-10H2,1H3,(H,24,25,27). The van der Waals surface area contributed by atoms with E-state index in [1.165, 1.54) is 22.6 Å². The number of pyridine rings is 1. The zero-order valence-corrected chi connectivity index (χ0v) is 16.4. The highest BCUT2D eigenvalue weighted by molar-refractivity contribution is 7.13. The molecule has 1 aliphatic heterocycles. The van der Waals surface area contributed by atoms with E-state index in [2.05, 4.69) is 61.9 Å². The van der Waals surface area contributed by atoms with Gasteiger partial charge < -0.3 is 10.2 Å². The summed E-state index contributed by atoms with van der Waals surface area (Å²) in [5.41, 5.74) is 4.54. The molecule has 7 nitrogen and oxygen atoms in total. The zero-order chi connectivity index (χ0) is 19.3. The number of benzene rings is 1. The summed E-state index contributed by atoms with van der Waals surface area (Å²) in [5.74, 6) is 0.679. The van der Waals surface area contributed by atoms with Gasteiger partial charge in [0.15, 0.2) is 0 Å². The monoisotopic (exact) mass is 394 g/mol. The van der Waals surface area contributed by atoms with E-state index in [1.807, 2.05) is 6.07 Å². The van der Waals surface area contributed by atoms with Crippen LogP contribution in [-0.4, -0.2) is 40.2 Å². The summed E-state index contributed by atoms with van der Waals surface area (Å²) in [4.78, 5) is 19.0. The number of hydrogen-bond acceptors (Lipinski definition) is 7. The highest BCUT2D eigenvalue weighted by Crippen LogP contribution is 2.21. The summed E-state index contributed by atoms with van der Waals surface area (Å²) in [6.45, 7) is 3.98. The molecule has 2 N–H and O–H groups in total. The number of carbonyl (C=O) groups is 1. The molecule has 1 amide bonds. The van der Waals surface area contributed by atoms with Gasteiger partial charge in [0.2, 0.25) is 5.13 Å². The van der Waals surface area contributed by atoms with Crippen molar-refractivity contribution in [2.45, 2.75) is 25.8 Å². The number of rotatable bonds is 5. The van der Waals surface area contributed by atoms with Gasteiger partial charge in [-0.1, -0.05) is 23.5 Å². The van der Waals surface area contributed by atoms with Crippen LogP contribution in [0, 0.1) is 6.92 Å². The highest BCUT2D eigenvalue weighted by atomic mass is 32.1. The Morgan fingerprint density at radius 2 is 2.07 bits per heavy atom. The molecule has 0 aliphatic carbocycles. The van der Waals surface area contributed by atoms with Crippen LogP contribution in [0.5, 0.6) is 0 Å². The summed E-state index contributed by atoms with van der Waals surface area (Å²) in [7, 11) is 0. The topological polar surface area (TPSA) is 83.0 Å². The Balaban J connectivity index is 1.31. The van der Waals surface area contributed by atoms with Gasteiger partial charge in [0, 0.05) is 31.0 Å². The lowest BCUT2D eigenvalue weighted by molar-refractivity contribution is 0.102. The minimum Gasteiger partial charge on any atom is -0.382 e. The molecule has 28 heavy (non-hydrogen) atoms. The van der Waals surface area contributed by atoms with Crippen molar-refractivity contribution in [3.05, 3.63) is 59.2 Å². The molecule has 4 rings (SSSR count). The molecule has 1 saturated heterocycles. The Morgan fingerprint density at radius 1 is 1.21 bits per heavy atom. The van der Waals surface area contributed by atoms with E-state index in [4.69, 9.17) is 0 Å². The van der Waals surface area contributed by atoms with E-state index in [9.17, 15) is 4.79 Å². The van der Waals surface area contributed by atoms with Crippen molar-refractivity contribution < 1.29 is 4.79 Å². The average molecular weight is 395 g/mol. The van der Waals surface area contributed by atoms with Gasteiger partial charge in [-0.3, -0.25) is 10.1 Å². The van der Waals surface area contributed by atoms with Gasteiger partial charge in [-0.05, 0) is 49.6 Å². The fraction of sp³-hybridized carbons (Fsp3) is 0.300. The second-order valence-electron chi connectivity index (χ2n) is 6.88. The minimum absolute atomic E-state index is 0.225. The SMILES string of the molecule is Cc1cccc(NC2CCN(c3ccc(C(=O)Nc4nncs4)cn3)CC2)c1. The van der Waals surface area contributed by atoms with Gasteiger partial charge in [-0.25, -0.2) is 4.98 Å². The largest absolute Gasteiger partial charge is 0.382 e. The van der Waals surface area contributed by atoms with Crippen LogP contribution in [0.4, 0.5) is 16.6 Å². The first-order chi connectivity index (χ1) is 13.7. The van der Waals surface area contributed by atoms with Crippen LogP contribution < -0.4 is 15.5 Å². The lowest BCUT2D eigenvalue weighted by atomic mass is 10.0. The fourth-order valence-electron chi connectivity index (χ4n) is 3.33. The van der Waals surface area contributed by atoms with Gasteiger partial charge in [-0.15, -0.1) is 10.2 Å². The zero-order valence-electron chi connectivity index (χ0n) is 15.6. The number of aromatic nitrogens is 3. The lowest BCUT2D eigenvalue weighted by Gasteiger charge is -2.33. The Hall–Kier alpha value is -3.00. The highest BCUT2D eigenvalue weighted by Gasteiger charge is 2.20. The number of nitrogens with zero attached hydrogens (tertiary/aromatic N) is 4. The molecule has 0 unspecified atom stereocenters. The molecule has 0 saturated carbocycles. The van der Waals surface area contributed by atoms with Gasteiger partial charge in [0.1, 0.15) is 11.3 Å². The fourth-order valence-corrected chi connectivity index (χ4v) is 3.77. The van der Waals surface area contributed by atoms with Crippen LogP contribution >= 0.6 is 11.3 Å². The van der Waals surface area contributed by atoms with Gasteiger partial charge in [0.25, 0.3) is 5.91 Å². The predicted molar refractivity (Wildman–Crippen MR) is 112 cm³/mol. The van der Waals surface area contributed by atoms with Crippen molar-refractivity contribution in [3.8, 4) is 0 Å². The van der Waals surface area contributed by atoms with Crippen LogP contribution in [-0.2, 0) is 0 Å². The van der Waals surface area contributed by atoms with Crippen molar-refractivity contribution in [3.63, 3.8) is 0 Å². The summed E-state index contributed by atoms with van der Waals surface area (Å²) in [5, 5.41) is 14.4. The third-order valence-electron chi connectivity index (χ3n) is 4.80. The maximum absolute atomic E-state index is 12.2. The molecule has 1 aromatic carbocycles. The number of aryl methyl sites for hydroxylation is 1. The molecule has 0 bridgehead atoms. The minimum atomic E-state index is -0.225. The number of carbonyl (C=O) groups excluding carboxylic acids is 1. The molecule has 1 aliphatic rings. The Bertz CT molecular complexity index is 920. The van der Waals surface area contributed by atoms with Gasteiger partial charge >= 0.3 is 0 Å². The van der Waals surface area contributed by atoms with E-state index < -0.39 is 0 Å². The Morgan fingerprint density at radius 3 is 2.75 bits per heavy atom. The van der Waals surface area contributed by atoms with Crippen molar-refractivity contribution in [2.24, 2.45) is 0 Å². The first-order valence-electron chi connectivity index (χ1n) is 9.29. The average Bonchev–Trinajstić information content (AvgIpc) is 3.22. The van der Waals surface area contributed by atoms with Crippen LogP contribution in [0.15, 0.2) is 48.1 Å². The molecule has 0 spiro atoms. The van der Waals surface area contributed by atoms with Crippen molar-refractivity contribution in [1.82, 2.24) is 15.2 Å². The van der Waals surface area contributed by atoms with E-state index >= 15 is 0 Å². The van der Waals surface area contributed by atoms with E-state index in [-0.39, 0.29) is 5.91 Å². The molecule has 8 heteroatoms. The number of piperidine rings is 1. The maximum atomic E-state index is 12.2. The lowest BCUT2D eigenvalue weighted by Crippen LogP contribution is -2.39. The molecule has 3 heterocycles. The van der Waals surface area contributed by atoms with Crippen LogP contribution in [0.2, 0.25) is 0 Å². The molecular weight excluding hydrogens is 372 g/mol. The smallest absolute Gasteiger partial charge is 0.259 e. The second-order valence-corrected chi connectivity index (χ2v) is 7.71. The molecule has 0 radical (unpaired) electrons. The maximum Gasteiger partial charge on any atom is 0.259 e. The third-order valence-corrected chi connectivity index (χ3v) is 5.41. The third kappa shape index (κ3) is 4.45. The second kappa shape index (κ2) is 8.35. The number of anilines is 3. The number of nitrogens with one attached hydrogen (secondary N) is 2. The Kier molecular flexibility index (Phi) is 5.48. The van der Waals surface area contributed by atoms with Crippen molar-refractivity contribution >= 4 is 33.9 Å². The van der Waals surface area contributed by atoms with Crippen LogP contribution in [0.1, 0.15) is 28.8 Å². The molecule has 2 aromatic heterocycles. The number of amides is 1.